The monoisotopic (exact) mass is 444 g/mol. The van der Waals surface area contributed by atoms with Crippen LogP contribution in [0.4, 0.5) is 0 Å². The molecule has 0 radical (unpaired) electrons. The number of pyridine rings is 1. The molecule has 5 aromatic rings. The molecule has 1 aliphatic rings. The second-order valence-corrected chi connectivity index (χ2v) is 10.0. The number of hydrogen-bond acceptors (Lipinski definition) is 4. The van der Waals surface area contributed by atoms with Crippen molar-refractivity contribution in [3.63, 3.8) is 0 Å². The van der Waals surface area contributed by atoms with Gasteiger partial charge in [-0.15, -0.1) is 0 Å². The van der Waals surface area contributed by atoms with E-state index in [1.165, 1.54) is 16.1 Å². The van der Waals surface area contributed by atoms with Gasteiger partial charge in [0.05, 0.1) is 27.9 Å². The summed E-state index contributed by atoms with van der Waals surface area (Å²) in [7, 11) is -0.992. The molecule has 0 bridgehead atoms. The maximum Gasteiger partial charge on any atom is 0.0979 e. The van der Waals surface area contributed by atoms with Gasteiger partial charge >= 0.3 is 0 Å². The van der Waals surface area contributed by atoms with Gasteiger partial charge in [0.2, 0.25) is 0 Å². The molecule has 0 aliphatic heterocycles. The van der Waals surface area contributed by atoms with Gasteiger partial charge in [-0.05, 0) is 48.0 Å². The van der Waals surface area contributed by atoms with E-state index in [4.69, 9.17) is 15.7 Å². The number of benzene rings is 3. The number of nitrogens with two attached hydrogens (primary N) is 1. The van der Waals surface area contributed by atoms with Crippen LogP contribution >= 0.6 is 7.92 Å². The minimum Gasteiger partial charge on any atom is -0.398 e. The fraction of sp³-hybridized carbons (Fsp3) is 0.0357. The van der Waals surface area contributed by atoms with Crippen LogP contribution in [0.2, 0.25) is 0 Å². The maximum atomic E-state index is 6.68. The second-order valence-electron chi connectivity index (χ2n) is 7.91. The third-order valence-corrected chi connectivity index (χ3v) is 8.20. The fourth-order valence-corrected chi connectivity index (χ4v) is 6.60. The predicted molar refractivity (Wildman–Crippen MR) is 139 cm³/mol. The third kappa shape index (κ3) is 3.14. The molecule has 0 amide bonds. The van der Waals surface area contributed by atoms with E-state index < -0.39 is 7.92 Å². The lowest BCUT2D eigenvalue weighted by Gasteiger charge is -2.20. The molecule has 4 nitrogen and oxygen atoms in total. The van der Waals surface area contributed by atoms with Crippen molar-refractivity contribution in [3.05, 3.63) is 103 Å². The molecule has 33 heavy (non-hydrogen) atoms. The number of rotatable bonds is 4. The van der Waals surface area contributed by atoms with Gasteiger partial charge in [-0.1, -0.05) is 60.7 Å². The van der Waals surface area contributed by atoms with E-state index in [1.54, 1.807) is 0 Å². The van der Waals surface area contributed by atoms with Gasteiger partial charge in [-0.2, -0.15) is 0 Å². The maximum absolute atomic E-state index is 6.68. The first kappa shape index (κ1) is 19.8. The zero-order valence-corrected chi connectivity index (χ0v) is 19.0. The summed E-state index contributed by atoms with van der Waals surface area (Å²) in [6.45, 7) is 1.99. The highest BCUT2D eigenvalue weighted by molar-refractivity contribution is 7.76. The fourth-order valence-electron chi connectivity index (χ4n) is 4.51. The topological polar surface area (TPSA) is 64.7 Å². The molecule has 1 atom stereocenters. The summed E-state index contributed by atoms with van der Waals surface area (Å²) in [5.74, 6) is 0. The summed E-state index contributed by atoms with van der Waals surface area (Å²) in [6.07, 6.45) is 7.81. The van der Waals surface area contributed by atoms with Gasteiger partial charge in [0.25, 0.3) is 0 Å². The molecule has 2 N–H and O–H groups in total. The highest BCUT2D eigenvalue weighted by atomic mass is 31.1. The Morgan fingerprint density at radius 3 is 2.24 bits per heavy atom. The number of para-hydroxylation sites is 2. The normalized spacial score (nSPS) is 13.7. The predicted octanol–water partition coefficient (Wildman–Crippen LogP) is 5.63. The Morgan fingerprint density at radius 2 is 1.55 bits per heavy atom. The number of fused-ring (bicyclic) bond motifs is 4. The summed E-state index contributed by atoms with van der Waals surface area (Å²) in [6, 6.07) is 24.9. The first-order valence-electron chi connectivity index (χ1n) is 10.9. The van der Waals surface area contributed by atoms with E-state index in [2.05, 4.69) is 41.4 Å². The molecule has 6 rings (SSSR count). The van der Waals surface area contributed by atoms with Crippen LogP contribution in [0, 0.1) is 0 Å². The molecule has 0 spiro atoms. The lowest BCUT2D eigenvalue weighted by atomic mass is 10.0. The zero-order chi connectivity index (χ0) is 22.4. The molecule has 0 fully saturated rings. The SMILES string of the molecule is C/C=C\C=C(/N)P(c1ccccn1)c1ccc2c3c(cccc13)-c1nc3ccccc3nc1-2. The molecule has 2 heterocycles. The Balaban J connectivity index is 1.63. The van der Waals surface area contributed by atoms with Crippen molar-refractivity contribution in [2.75, 3.05) is 0 Å². The van der Waals surface area contributed by atoms with Crippen LogP contribution in [0.15, 0.2) is 103 Å². The number of allylic oxidation sites excluding steroid dienone is 3. The van der Waals surface area contributed by atoms with Crippen LogP contribution in [-0.2, 0) is 0 Å². The van der Waals surface area contributed by atoms with Gasteiger partial charge in [-0.3, -0.25) is 4.98 Å². The van der Waals surface area contributed by atoms with Crippen LogP contribution in [-0.4, -0.2) is 15.0 Å². The quantitative estimate of drug-likeness (QED) is 0.283. The van der Waals surface area contributed by atoms with Crippen LogP contribution in [0.3, 0.4) is 0 Å². The van der Waals surface area contributed by atoms with E-state index in [1.807, 2.05) is 67.7 Å². The molecule has 0 saturated carbocycles. The third-order valence-electron chi connectivity index (χ3n) is 5.94. The lowest BCUT2D eigenvalue weighted by molar-refractivity contribution is 1.32. The lowest BCUT2D eigenvalue weighted by Crippen LogP contribution is -2.19. The summed E-state index contributed by atoms with van der Waals surface area (Å²) >= 11 is 0. The van der Waals surface area contributed by atoms with Crippen molar-refractivity contribution in [3.8, 4) is 22.5 Å². The second kappa shape index (κ2) is 7.91. The first-order chi connectivity index (χ1) is 16.3. The molecular formula is C28H21N4P. The van der Waals surface area contributed by atoms with E-state index in [0.29, 0.717) is 0 Å². The standard InChI is InChI=1S/C28H21N4P/c1-2-3-13-24(29)33(25-14-6-7-17-30-25)23-16-15-20-26-18(23)9-8-10-19(26)27-28(20)32-22-12-5-4-11-21(22)31-27/h2-17H,29H2,1H3/b3-2-,24-13+. The van der Waals surface area contributed by atoms with E-state index in [0.717, 1.165) is 44.4 Å². The Labute approximate surface area is 193 Å². The number of hydrogen-bond donors (Lipinski definition) is 1. The van der Waals surface area contributed by atoms with E-state index >= 15 is 0 Å². The molecule has 158 valence electrons. The summed E-state index contributed by atoms with van der Waals surface area (Å²) < 4.78 is 0. The zero-order valence-electron chi connectivity index (χ0n) is 18.1. The molecule has 5 heteroatoms. The number of nitrogens with zero attached hydrogens (tertiary/aromatic N) is 3. The summed E-state index contributed by atoms with van der Waals surface area (Å²) in [5, 5.41) is 3.57. The van der Waals surface area contributed by atoms with Crippen LogP contribution in [0.1, 0.15) is 6.92 Å². The Hall–Kier alpha value is -3.88. The largest absolute Gasteiger partial charge is 0.398 e. The highest BCUT2D eigenvalue weighted by Gasteiger charge is 2.28. The van der Waals surface area contributed by atoms with Crippen molar-refractivity contribution < 1.29 is 0 Å². The van der Waals surface area contributed by atoms with Gasteiger partial charge in [0.1, 0.15) is 0 Å². The van der Waals surface area contributed by atoms with Crippen LogP contribution in [0.25, 0.3) is 44.3 Å². The van der Waals surface area contributed by atoms with Gasteiger partial charge in [0.15, 0.2) is 0 Å². The molecule has 3 aromatic carbocycles. The molecule has 1 unspecified atom stereocenters. The molecular weight excluding hydrogens is 423 g/mol. The smallest absolute Gasteiger partial charge is 0.0979 e. The van der Waals surface area contributed by atoms with Gasteiger partial charge < -0.3 is 5.73 Å². The van der Waals surface area contributed by atoms with Crippen molar-refractivity contribution >= 4 is 40.5 Å². The minimum atomic E-state index is -0.992. The van der Waals surface area contributed by atoms with Crippen molar-refractivity contribution in [2.45, 2.75) is 6.92 Å². The van der Waals surface area contributed by atoms with Crippen molar-refractivity contribution in [2.24, 2.45) is 5.73 Å². The van der Waals surface area contributed by atoms with Gasteiger partial charge in [0, 0.05) is 36.1 Å². The van der Waals surface area contributed by atoms with Crippen molar-refractivity contribution in [1.29, 1.82) is 0 Å². The van der Waals surface area contributed by atoms with E-state index in [9.17, 15) is 0 Å². The Morgan fingerprint density at radius 1 is 0.818 bits per heavy atom. The Kier molecular flexibility index (Phi) is 4.74. The highest BCUT2D eigenvalue weighted by Crippen LogP contribution is 2.49. The average Bonchev–Trinajstić information content (AvgIpc) is 3.17. The molecule has 0 saturated heterocycles. The first-order valence-corrected chi connectivity index (χ1v) is 12.2. The molecule has 2 aromatic heterocycles. The van der Waals surface area contributed by atoms with Gasteiger partial charge in [-0.25, -0.2) is 9.97 Å². The number of aromatic nitrogens is 3. The summed E-state index contributed by atoms with van der Waals surface area (Å²) in [4.78, 5) is 14.7. The van der Waals surface area contributed by atoms with Crippen LogP contribution in [0.5, 0.6) is 0 Å². The van der Waals surface area contributed by atoms with Crippen molar-refractivity contribution in [1.82, 2.24) is 15.0 Å². The Bertz CT molecular complexity index is 1540. The summed E-state index contributed by atoms with van der Waals surface area (Å²) in [5.41, 5.74) is 14.5. The van der Waals surface area contributed by atoms with Crippen LogP contribution < -0.4 is 16.5 Å². The average molecular weight is 444 g/mol. The minimum absolute atomic E-state index is 0.819. The van der Waals surface area contributed by atoms with E-state index in [-0.39, 0.29) is 0 Å². The molecule has 1 aliphatic carbocycles.